The lowest BCUT2D eigenvalue weighted by Crippen LogP contribution is -2.57. The van der Waals surface area contributed by atoms with E-state index in [1.165, 1.54) is 38.5 Å². The fourth-order valence-corrected chi connectivity index (χ4v) is 4.95. The van der Waals surface area contributed by atoms with Gasteiger partial charge in [0.05, 0.1) is 0 Å². The summed E-state index contributed by atoms with van der Waals surface area (Å²) in [6.07, 6.45) is 7.62. The van der Waals surface area contributed by atoms with Crippen LogP contribution in [0.1, 0.15) is 59.3 Å². The van der Waals surface area contributed by atoms with Crippen LogP contribution < -0.4 is 5.73 Å². The Labute approximate surface area is 146 Å². The van der Waals surface area contributed by atoms with Crippen molar-refractivity contribution in [2.24, 2.45) is 17.6 Å². The van der Waals surface area contributed by atoms with Crippen molar-refractivity contribution in [2.75, 3.05) is 26.2 Å². The van der Waals surface area contributed by atoms with Crippen LogP contribution in [0.5, 0.6) is 0 Å². The molecule has 2 N–H and O–H groups in total. The summed E-state index contributed by atoms with van der Waals surface area (Å²) in [5.74, 6) is 1.66. The van der Waals surface area contributed by atoms with Gasteiger partial charge in [-0.05, 0) is 58.3 Å². The van der Waals surface area contributed by atoms with Crippen LogP contribution in [0, 0.1) is 11.8 Å². The molecule has 0 spiro atoms. The molecule has 3 rings (SSSR count). The average Bonchev–Trinajstić information content (AvgIpc) is 2.53. The summed E-state index contributed by atoms with van der Waals surface area (Å²) in [5.41, 5.74) is 5.85. The third-order valence-electron chi connectivity index (χ3n) is 6.09. The smallest absolute Gasteiger partial charge is 0.410 e. The minimum atomic E-state index is -0.414. The standard InChI is InChI=1S/C19H35N3O2/c1-19(2,3)24-18(23)22-11-9-21(10-12-22)17-6-4-5-14-7-8-15(20)13-16(14)17/h14-17H,4-13,20H2,1-3H3. The van der Waals surface area contributed by atoms with Gasteiger partial charge in [0.1, 0.15) is 5.60 Å². The maximum atomic E-state index is 12.2. The molecule has 0 aromatic carbocycles. The minimum Gasteiger partial charge on any atom is -0.444 e. The molecule has 1 amide bonds. The monoisotopic (exact) mass is 337 g/mol. The van der Waals surface area contributed by atoms with Crippen molar-refractivity contribution in [1.29, 1.82) is 0 Å². The molecule has 5 heteroatoms. The normalized spacial score (nSPS) is 35.4. The number of carbonyl (C=O) groups excluding carboxylic acids is 1. The summed E-state index contributed by atoms with van der Waals surface area (Å²) in [5, 5.41) is 0. The van der Waals surface area contributed by atoms with Crippen LogP contribution in [0.15, 0.2) is 0 Å². The van der Waals surface area contributed by atoms with Gasteiger partial charge in [0.25, 0.3) is 0 Å². The number of piperazine rings is 1. The Morgan fingerprint density at radius 2 is 1.75 bits per heavy atom. The molecule has 138 valence electrons. The van der Waals surface area contributed by atoms with Crippen molar-refractivity contribution in [3.05, 3.63) is 0 Å². The minimum absolute atomic E-state index is 0.164. The van der Waals surface area contributed by atoms with E-state index in [9.17, 15) is 4.79 Å². The number of rotatable bonds is 1. The van der Waals surface area contributed by atoms with Gasteiger partial charge >= 0.3 is 6.09 Å². The van der Waals surface area contributed by atoms with E-state index >= 15 is 0 Å². The van der Waals surface area contributed by atoms with Crippen molar-refractivity contribution in [2.45, 2.75) is 77.0 Å². The number of hydrogen-bond acceptors (Lipinski definition) is 4. The highest BCUT2D eigenvalue weighted by Gasteiger charge is 2.40. The van der Waals surface area contributed by atoms with Gasteiger partial charge in [-0.15, -0.1) is 0 Å². The number of ether oxygens (including phenoxy) is 1. The van der Waals surface area contributed by atoms with Gasteiger partial charge in [-0.3, -0.25) is 4.90 Å². The van der Waals surface area contributed by atoms with Gasteiger partial charge in [0.2, 0.25) is 0 Å². The zero-order valence-electron chi connectivity index (χ0n) is 15.7. The van der Waals surface area contributed by atoms with Crippen LogP contribution in [0.3, 0.4) is 0 Å². The van der Waals surface area contributed by atoms with Gasteiger partial charge in [0, 0.05) is 38.3 Å². The second kappa shape index (κ2) is 7.20. The highest BCUT2D eigenvalue weighted by molar-refractivity contribution is 5.68. The highest BCUT2D eigenvalue weighted by Crippen LogP contribution is 2.42. The molecule has 3 fully saturated rings. The van der Waals surface area contributed by atoms with E-state index in [4.69, 9.17) is 10.5 Å². The van der Waals surface area contributed by atoms with E-state index in [1.807, 2.05) is 25.7 Å². The number of amides is 1. The molecule has 2 saturated carbocycles. The van der Waals surface area contributed by atoms with E-state index in [0.29, 0.717) is 12.1 Å². The zero-order valence-corrected chi connectivity index (χ0v) is 15.7. The first-order valence-corrected chi connectivity index (χ1v) is 9.81. The first kappa shape index (κ1) is 18.0. The van der Waals surface area contributed by atoms with Crippen molar-refractivity contribution in [3.63, 3.8) is 0 Å². The van der Waals surface area contributed by atoms with E-state index in [1.54, 1.807) is 0 Å². The molecule has 1 aliphatic heterocycles. The number of nitrogens with zero attached hydrogens (tertiary/aromatic N) is 2. The van der Waals surface area contributed by atoms with E-state index < -0.39 is 5.60 Å². The summed E-state index contributed by atoms with van der Waals surface area (Å²) < 4.78 is 5.51. The van der Waals surface area contributed by atoms with Gasteiger partial charge in [-0.2, -0.15) is 0 Å². The molecular formula is C19H35N3O2. The van der Waals surface area contributed by atoms with Crippen LogP contribution in [-0.2, 0) is 4.74 Å². The molecular weight excluding hydrogens is 302 g/mol. The summed E-state index contributed by atoms with van der Waals surface area (Å²) in [4.78, 5) is 16.7. The van der Waals surface area contributed by atoms with Crippen LogP contribution >= 0.6 is 0 Å². The molecule has 24 heavy (non-hydrogen) atoms. The molecule has 5 nitrogen and oxygen atoms in total. The number of fused-ring (bicyclic) bond motifs is 1. The fourth-order valence-electron chi connectivity index (χ4n) is 4.95. The molecule has 1 saturated heterocycles. The maximum absolute atomic E-state index is 12.2. The maximum Gasteiger partial charge on any atom is 0.410 e. The summed E-state index contributed by atoms with van der Waals surface area (Å²) in [6, 6.07) is 1.07. The second-order valence-electron chi connectivity index (χ2n) is 9.00. The summed E-state index contributed by atoms with van der Waals surface area (Å²) in [7, 11) is 0. The average molecular weight is 338 g/mol. The summed E-state index contributed by atoms with van der Waals surface area (Å²) >= 11 is 0. The first-order valence-electron chi connectivity index (χ1n) is 9.81. The van der Waals surface area contributed by atoms with E-state index in [2.05, 4.69) is 4.90 Å². The Bertz CT molecular complexity index is 440. The summed E-state index contributed by atoms with van der Waals surface area (Å²) in [6.45, 7) is 9.30. The molecule has 0 aromatic rings. The topological polar surface area (TPSA) is 58.8 Å². The van der Waals surface area contributed by atoms with Crippen LogP contribution in [0.2, 0.25) is 0 Å². The van der Waals surface area contributed by atoms with Gasteiger partial charge in [0.15, 0.2) is 0 Å². The number of hydrogen-bond donors (Lipinski definition) is 1. The van der Waals surface area contributed by atoms with Gasteiger partial charge < -0.3 is 15.4 Å². The molecule has 0 aromatic heterocycles. The molecule has 0 bridgehead atoms. The lowest BCUT2D eigenvalue weighted by molar-refractivity contribution is -0.0105. The predicted octanol–water partition coefficient (Wildman–Crippen LogP) is 2.84. The Balaban J connectivity index is 1.55. The Morgan fingerprint density at radius 3 is 2.42 bits per heavy atom. The molecule has 0 radical (unpaired) electrons. The van der Waals surface area contributed by atoms with E-state index in [0.717, 1.165) is 38.0 Å². The zero-order chi connectivity index (χ0) is 17.3. The third-order valence-corrected chi connectivity index (χ3v) is 6.09. The number of nitrogens with two attached hydrogens (primary N) is 1. The SMILES string of the molecule is CC(C)(C)OC(=O)N1CCN(C2CCCC3CCC(N)CC32)CC1. The number of carbonyl (C=O) groups is 1. The molecule has 1 heterocycles. The third kappa shape index (κ3) is 4.23. The van der Waals surface area contributed by atoms with Gasteiger partial charge in [-0.25, -0.2) is 4.79 Å². The van der Waals surface area contributed by atoms with Crippen molar-refractivity contribution < 1.29 is 9.53 Å². The lowest BCUT2D eigenvalue weighted by Gasteiger charge is -2.49. The molecule has 4 unspecified atom stereocenters. The predicted molar refractivity (Wildman–Crippen MR) is 95.8 cm³/mol. The lowest BCUT2D eigenvalue weighted by atomic mass is 9.66. The Hall–Kier alpha value is -0.810. The first-order chi connectivity index (χ1) is 11.3. The van der Waals surface area contributed by atoms with Crippen LogP contribution in [0.4, 0.5) is 4.79 Å². The van der Waals surface area contributed by atoms with Crippen LogP contribution in [-0.4, -0.2) is 59.8 Å². The van der Waals surface area contributed by atoms with Gasteiger partial charge in [-0.1, -0.05) is 12.8 Å². The van der Waals surface area contributed by atoms with Crippen LogP contribution in [0.25, 0.3) is 0 Å². The van der Waals surface area contributed by atoms with E-state index in [-0.39, 0.29) is 6.09 Å². The van der Waals surface area contributed by atoms with Crippen molar-refractivity contribution in [3.8, 4) is 0 Å². The van der Waals surface area contributed by atoms with Crippen molar-refractivity contribution in [1.82, 2.24) is 9.80 Å². The largest absolute Gasteiger partial charge is 0.444 e. The Morgan fingerprint density at radius 1 is 1.04 bits per heavy atom. The quantitative estimate of drug-likeness (QED) is 0.799. The Kier molecular flexibility index (Phi) is 5.40. The molecule has 4 atom stereocenters. The second-order valence-corrected chi connectivity index (χ2v) is 9.00. The van der Waals surface area contributed by atoms with Crippen molar-refractivity contribution >= 4 is 6.09 Å². The highest BCUT2D eigenvalue weighted by atomic mass is 16.6. The molecule has 3 aliphatic rings. The fraction of sp³-hybridized carbons (Fsp3) is 0.947. The molecule has 2 aliphatic carbocycles.